The Morgan fingerprint density at radius 2 is 1.46 bits per heavy atom. The minimum atomic E-state index is -1.55. The molecule has 0 bridgehead atoms. The minimum Gasteiger partial charge on any atom is -0.465 e. The monoisotopic (exact) mass is 856 g/mol. The molecule has 2 rings (SSSR count). The van der Waals surface area contributed by atoms with Crippen LogP contribution in [0.15, 0.2) is 30.3 Å². The number of hydrogen-bond donors (Lipinski definition) is 1. The van der Waals surface area contributed by atoms with E-state index in [1.807, 2.05) is 65.1 Å². The molecule has 0 aromatic heterocycles. The number of nitrogens with one attached hydrogen (secondary N) is 1. The first-order valence-electron chi connectivity index (χ1n) is 24.3. The van der Waals surface area contributed by atoms with Crippen molar-refractivity contribution in [3.05, 3.63) is 35.9 Å². The molecule has 0 aliphatic carbocycles. The van der Waals surface area contributed by atoms with Gasteiger partial charge in [0.25, 0.3) is 5.91 Å². The SMILES string of the molecule is CCCCOC(=O)C(CC(CC(C)(ON1C(C)(CC)CC(=O)C(C)C1(C)CC)C(=O)NCCCN(C)C)C(=O)OCCCCC(CCC)CCCC)CC(C)c1ccccc1. The predicted octanol–water partition coefficient (Wildman–Crippen LogP) is 10.9. The molecule has 1 aliphatic rings. The number of Topliss-reactive ketones (excluding diaryl/α,β-unsaturated/α-hetero) is 1. The van der Waals surface area contributed by atoms with E-state index in [1.165, 1.54) is 32.1 Å². The van der Waals surface area contributed by atoms with Gasteiger partial charge < -0.3 is 19.7 Å². The molecule has 10 heteroatoms. The summed E-state index contributed by atoms with van der Waals surface area (Å²) in [5.41, 5.74) is -1.86. The number of unbranched alkanes of at least 4 members (excludes halogenated alkanes) is 3. The van der Waals surface area contributed by atoms with Crippen LogP contribution in [0.4, 0.5) is 0 Å². The second-order valence-corrected chi connectivity index (χ2v) is 19.3. The third kappa shape index (κ3) is 17.0. The smallest absolute Gasteiger partial charge is 0.309 e. The van der Waals surface area contributed by atoms with E-state index in [9.17, 15) is 19.2 Å². The third-order valence-electron chi connectivity index (χ3n) is 13.8. The average molecular weight is 856 g/mol. The fraction of sp³-hybridized carbons (Fsp3) is 0.804. The fourth-order valence-corrected chi connectivity index (χ4v) is 9.13. The first-order chi connectivity index (χ1) is 28.9. The summed E-state index contributed by atoms with van der Waals surface area (Å²) in [6.45, 7) is 22.3. The highest BCUT2D eigenvalue weighted by Crippen LogP contribution is 2.46. The number of piperidine rings is 1. The van der Waals surface area contributed by atoms with E-state index in [-0.39, 0.29) is 55.4 Å². The lowest BCUT2D eigenvalue weighted by atomic mass is 9.70. The average Bonchev–Trinajstić information content (AvgIpc) is 3.24. The Kier molecular flexibility index (Phi) is 24.4. The van der Waals surface area contributed by atoms with Crippen molar-refractivity contribution < 1.29 is 33.5 Å². The molecule has 1 aromatic rings. The van der Waals surface area contributed by atoms with Gasteiger partial charge in [-0.25, -0.2) is 0 Å². The Labute approximate surface area is 372 Å². The largest absolute Gasteiger partial charge is 0.465 e. The molecule has 0 radical (unpaired) electrons. The van der Waals surface area contributed by atoms with Crippen molar-refractivity contribution in [3.8, 4) is 0 Å². The zero-order valence-corrected chi connectivity index (χ0v) is 40.9. The topological polar surface area (TPSA) is 114 Å². The molecule has 8 atom stereocenters. The molecule has 0 spiro atoms. The van der Waals surface area contributed by atoms with Gasteiger partial charge >= 0.3 is 11.9 Å². The van der Waals surface area contributed by atoms with Crippen LogP contribution < -0.4 is 5.32 Å². The number of carbonyl (C=O) groups excluding carboxylic acids is 4. The van der Waals surface area contributed by atoms with Gasteiger partial charge in [-0.1, -0.05) is 124 Å². The molecule has 61 heavy (non-hydrogen) atoms. The number of esters is 2. The Hall–Kier alpha value is -2.82. The number of rotatable bonds is 31. The first-order valence-corrected chi connectivity index (χ1v) is 24.3. The van der Waals surface area contributed by atoms with Crippen LogP contribution in [0.3, 0.4) is 0 Å². The molecule has 350 valence electrons. The lowest BCUT2D eigenvalue weighted by Gasteiger charge is -2.57. The number of hydroxylamine groups is 2. The van der Waals surface area contributed by atoms with Gasteiger partial charge in [-0.2, -0.15) is 5.06 Å². The van der Waals surface area contributed by atoms with E-state index in [0.717, 1.165) is 50.6 Å². The van der Waals surface area contributed by atoms with Gasteiger partial charge in [-0.3, -0.25) is 24.0 Å². The van der Waals surface area contributed by atoms with E-state index in [0.29, 0.717) is 38.3 Å². The van der Waals surface area contributed by atoms with Crippen LogP contribution in [0.25, 0.3) is 0 Å². The van der Waals surface area contributed by atoms with Gasteiger partial charge in [0.15, 0.2) is 5.60 Å². The normalized spacial score (nSPS) is 22.6. The summed E-state index contributed by atoms with van der Waals surface area (Å²) in [6.07, 6.45) is 13.4. The summed E-state index contributed by atoms with van der Waals surface area (Å²) in [7, 11) is 4.00. The maximum absolute atomic E-state index is 14.7. The predicted molar refractivity (Wildman–Crippen MR) is 248 cm³/mol. The van der Waals surface area contributed by atoms with Crippen molar-refractivity contribution in [2.75, 3.05) is 40.4 Å². The van der Waals surface area contributed by atoms with Gasteiger partial charge in [0, 0.05) is 25.3 Å². The third-order valence-corrected chi connectivity index (χ3v) is 13.8. The quantitative estimate of drug-likeness (QED) is 0.0576. The van der Waals surface area contributed by atoms with Crippen LogP contribution in [0, 0.1) is 23.7 Å². The summed E-state index contributed by atoms with van der Waals surface area (Å²) < 4.78 is 12.0. The standard InChI is InChI=1S/C51H89N3O7/c1-13-18-27-41(26-15-3)28-23-24-34-60-47(57)44(36-43(46(56)59-33-19-14-2)35-39(6)42-29-21-20-22-30-42)37-51(10,48(58)52-31-25-32-53(11)12)61-54-49(8,16-4)38-45(55)40(7)50(54,9)17-5/h20-22,29-30,39-41,43-44H,13-19,23-28,31-38H2,1-12H3,(H,52,58). The van der Waals surface area contributed by atoms with Gasteiger partial charge in [-0.15, -0.1) is 0 Å². The van der Waals surface area contributed by atoms with E-state index in [2.05, 4.69) is 57.0 Å². The molecule has 1 heterocycles. The number of ketones is 1. The Morgan fingerprint density at radius 3 is 2.05 bits per heavy atom. The van der Waals surface area contributed by atoms with E-state index in [4.69, 9.17) is 14.3 Å². The van der Waals surface area contributed by atoms with Crippen LogP contribution in [0.2, 0.25) is 0 Å². The second-order valence-electron chi connectivity index (χ2n) is 19.3. The van der Waals surface area contributed by atoms with Crippen molar-refractivity contribution in [1.29, 1.82) is 0 Å². The number of carbonyl (C=O) groups is 4. The minimum absolute atomic E-state index is 0.0101. The summed E-state index contributed by atoms with van der Waals surface area (Å²) in [6, 6.07) is 10.1. The molecular formula is C51H89N3O7. The first kappa shape index (κ1) is 54.3. The van der Waals surface area contributed by atoms with Crippen molar-refractivity contribution in [2.45, 2.75) is 201 Å². The molecule has 10 nitrogen and oxygen atoms in total. The van der Waals surface area contributed by atoms with Crippen LogP contribution >= 0.6 is 0 Å². The van der Waals surface area contributed by atoms with Gasteiger partial charge in [-0.05, 0) is 110 Å². The lowest BCUT2D eigenvalue weighted by Crippen LogP contribution is -2.69. The number of hydrogen-bond acceptors (Lipinski definition) is 9. The number of amides is 1. The van der Waals surface area contributed by atoms with Crippen LogP contribution in [-0.4, -0.2) is 90.7 Å². The molecule has 0 saturated carbocycles. The molecular weight excluding hydrogens is 767 g/mol. The summed E-state index contributed by atoms with van der Waals surface area (Å²) in [5.74, 6) is -2.05. The van der Waals surface area contributed by atoms with Crippen LogP contribution in [0.1, 0.15) is 190 Å². The summed E-state index contributed by atoms with van der Waals surface area (Å²) in [5, 5.41) is 5.09. The van der Waals surface area contributed by atoms with Crippen molar-refractivity contribution >= 4 is 23.6 Å². The molecule has 1 aliphatic heterocycles. The maximum Gasteiger partial charge on any atom is 0.309 e. The number of benzene rings is 1. The maximum atomic E-state index is 14.7. The van der Waals surface area contributed by atoms with Crippen LogP contribution in [-0.2, 0) is 33.5 Å². The molecule has 1 fully saturated rings. The molecule has 1 aromatic carbocycles. The van der Waals surface area contributed by atoms with E-state index >= 15 is 0 Å². The van der Waals surface area contributed by atoms with E-state index < -0.39 is 34.5 Å². The zero-order valence-electron chi connectivity index (χ0n) is 40.9. The second kappa shape index (κ2) is 27.4. The highest BCUT2D eigenvalue weighted by Gasteiger charge is 2.57. The Bertz CT molecular complexity index is 1440. The summed E-state index contributed by atoms with van der Waals surface area (Å²) in [4.78, 5) is 66.2. The highest BCUT2D eigenvalue weighted by molar-refractivity contribution is 5.86. The highest BCUT2D eigenvalue weighted by atomic mass is 16.7. The summed E-state index contributed by atoms with van der Waals surface area (Å²) >= 11 is 0. The molecule has 8 unspecified atom stereocenters. The Balaban J connectivity index is 2.63. The lowest BCUT2D eigenvalue weighted by molar-refractivity contribution is -0.336. The van der Waals surface area contributed by atoms with Gasteiger partial charge in [0.05, 0.1) is 36.1 Å². The molecule has 1 amide bonds. The molecule has 1 N–H and O–H groups in total. The number of nitrogens with zero attached hydrogens (tertiary/aromatic N) is 2. The van der Waals surface area contributed by atoms with Crippen LogP contribution in [0.5, 0.6) is 0 Å². The van der Waals surface area contributed by atoms with Crippen molar-refractivity contribution in [3.63, 3.8) is 0 Å². The van der Waals surface area contributed by atoms with Crippen molar-refractivity contribution in [2.24, 2.45) is 23.7 Å². The molecule has 1 saturated heterocycles. The van der Waals surface area contributed by atoms with E-state index in [1.54, 1.807) is 6.92 Å². The zero-order chi connectivity index (χ0) is 45.6. The Morgan fingerprint density at radius 1 is 0.836 bits per heavy atom. The van der Waals surface area contributed by atoms with Gasteiger partial charge in [0.1, 0.15) is 5.78 Å². The fourth-order valence-electron chi connectivity index (χ4n) is 9.13. The number of ether oxygens (including phenoxy) is 2. The van der Waals surface area contributed by atoms with Gasteiger partial charge in [0.2, 0.25) is 0 Å². The van der Waals surface area contributed by atoms with Crippen molar-refractivity contribution in [1.82, 2.24) is 15.3 Å².